The lowest BCUT2D eigenvalue weighted by atomic mass is 10.1. The Bertz CT molecular complexity index is 534. The number of aromatic nitrogens is 2. The molecule has 1 aromatic heterocycles. The largest absolute Gasteiger partial charge is 0.494 e. The van der Waals surface area contributed by atoms with Crippen LogP contribution in [0.5, 0.6) is 5.75 Å². The molecule has 2 rings (SSSR count). The molecule has 1 heterocycles. The summed E-state index contributed by atoms with van der Waals surface area (Å²) in [5, 5.41) is 0.665. The van der Waals surface area contributed by atoms with Gasteiger partial charge in [0.25, 0.3) is 0 Å². The number of methoxy groups -OCH3 is 1. The van der Waals surface area contributed by atoms with Crippen molar-refractivity contribution in [3.05, 3.63) is 36.3 Å². The quantitative estimate of drug-likeness (QED) is 0.619. The van der Waals surface area contributed by atoms with Crippen LogP contribution in [0.1, 0.15) is 0 Å². The molecule has 0 saturated carbocycles. The van der Waals surface area contributed by atoms with Crippen molar-refractivity contribution in [1.29, 1.82) is 0 Å². The fourth-order valence-electron chi connectivity index (χ4n) is 1.43. The van der Waals surface area contributed by atoms with Crippen molar-refractivity contribution in [2.75, 3.05) is 13.4 Å². The second-order valence-electron chi connectivity index (χ2n) is 3.28. The SMILES string of the molecule is COc1ccc(-c2ccnc(SC)n2)cc1F. The van der Waals surface area contributed by atoms with E-state index in [9.17, 15) is 4.39 Å². The van der Waals surface area contributed by atoms with Gasteiger partial charge in [0.1, 0.15) is 0 Å². The zero-order valence-corrected chi connectivity index (χ0v) is 10.3. The molecule has 0 saturated heterocycles. The van der Waals surface area contributed by atoms with E-state index in [4.69, 9.17) is 4.74 Å². The number of thioether (sulfide) groups is 1. The smallest absolute Gasteiger partial charge is 0.187 e. The first-order chi connectivity index (χ1) is 8.24. The van der Waals surface area contributed by atoms with Gasteiger partial charge in [-0.1, -0.05) is 11.8 Å². The average Bonchev–Trinajstić information content (AvgIpc) is 2.38. The van der Waals surface area contributed by atoms with Gasteiger partial charge < -0.3 is 4.74 Å². The third-order valence-corrected chi connectivity index (χ3v) is 2.83. The minimum absolute atomic E-state index is 0.230. The maximum absolute atomic E-state index is 13.5. The van der Waals surface area contributed by atoms with Crippen molar-refractivity contribution in [1.82, 2.24) is 9.97 Å². The van der Waals surface area contributed by atoms with Crippen LogP contribution in [0.25, 0.3) is 11.3 Å². The first-order valence-corrected chi connectivity index (χ1v) is 6.18. The highest BCUT2D eigenvalue weighted by Gasteiger charge is 2.06. The van der Waals surface area contributed by atoms with E-state index >= 15 is 0 Å². The predicted octanol–water partition coefficient (Wildman–Crippen LogP) is 3.01. The minimum atomic E-state index is -0.394. The Kier molecular flexibility index (Phi) is 3.58. The summed E-state index contributed by atoms with van der Waals surface area (Å²) in [6.07, 6.45) is 3.56. The maximum Gasteiger partial charge on any atom is 0.187 e. The summed E-state index contributed by atoms with van der Waals surface area (Å²) in [5.74, 6) is -0.165. The van der Waals surface area contributed by atoms with Gasteiger partial charge in [-0.2, -0.15) is 0 Å². The topological polar surface area (TPSA) is 35.0 Å². The molecule has 88 valence electrons. The predicted molar refractivity (Wildman–Crippen MR) is 65.8 cm³/mol. The molecule has 0 amide bonds. The fourth-order valence-corrected chi connectivity index (χ4v) is 1.78. The van der Waals surface area contributed by atoms with E-state index in [0.717, 1.165) is 0 Å². The van der Waals surface area contributed by atoms with E-state index in [0.29, 0.717) is 16.4 Å². The standard InChI is InChI=1S/C12H11FN2OS/c1-16-11-4-3-8(7-9(11)13)10-5-6-14-12(15-10)17-2/h3-7H,1-2H3. The zero-order valence-electron chi connectivity index (χ0n) is 9.48. The van der Waals surface area contributed by atoms with Crippen molar-refractivity contribution in [2.45, 2.75) is 5.16 Å². The molecule has 0 N–H and O–H groups in total. The van der Waals surface area contributed by atoms with Gasteiger partial charge in [-0.05, 0) is 30.5 Å². The summed E-state index contributed by atoms with van der Waals surface area (Å²) in [7, 11) is 1.44. The van der Waals surface area contributed by atoms with E-state index in [2.05, 4.69) is 9.97 Å². The Labute approximate surface area is 103 Å². The molecule has 17 heavy (non-hydrogen) atoms. The molecule has 0 spiro atoms. The van der Waals surface area contributed by atoms with Crippen LogP contribution in [0.4, 0.5) is 4.39 Å². The first-order valence-electron chi connectivity index (χ1n) is 4.95. The highest BCUT2D eigenvalue weighted by Crippen LogP contribution is 2.24. The Balaban J connectivity index is 2.42. The number of hydrogen-bond acceptors (Lipinski definition) is 4. The minimum Gasteiger partial charge on any atom is -0.494 e. The average molecular weight is 250 g/mol. The monoisotopic (exact) mass is 250 g/mol. The van der Waals surface area contributed by atoms with Gasteiger partial charge >= 0.3 is 0 Å². The summed E-state index contributed by atoms with van der Waals surface area (Å²) in [6, 6.07) is 6.52. The summed E-state index contributed by atoms with van der Waals surface area (Å²) in [6.45, 7) is 0. The Morgan fingerprint density at radius 2 is 2.12 bits per heavy atom. The van der Waals surface area contributed by atoms with E-state index in [1.54, 1.807) is 24.4 Å². The lowest BCUT2D eigenvalue weighted by Gasteiger charge is -2.05. The third kappa shape index (κ3) is 2.55. The summed E-state index contributed by atoms with van der Waals surface area (Å²) in [4.78, 5) is 8.38. The maximum atomic E-state index is 13.5. The Hall–Kier alpha value is -1.62. The normalized spacial score (nSPS) is 10.3. The van der Waals surface area contributed by atoms with E-state index < -0.39 is 5.82 Å². The molecule has 1 aromatic carbocycles. The molecule has 0 fully saturated rings. The van der Waals surface area contributed by atoms with Gasteiger partial charge in [0.05, 0.1) is 12.8 Å². The van der Waals surface area contributed by atoms with Gasteiger partial charge in [-0.15, -0.1) is 0 Å². The first kappa shape index (κ1) is 11.9. The lowest BCUT2D eigenvalue weighted by molar-refractivity contribution is 0.386. The van der Waals surface area contributed by atoms with Crippen LogP contribution in [0.2, 0.25) is 0 Å². The zero-order chi connectivity index (χ0) is 12.3. The summed E-state index contributed by atoms with van der Waals surface area (Å²) >= 11 is 1.45. The van der Waals surface area contributed by atoms with Crippen molar-refractivity contribution >= 4 is 11.8 Å². The van der Waals surface area contributed by atoms with Crippen LogP contribution in [-0.2, 0) is 0 Å². The molecule has 0 radical (unpaired) electrons. The summed E-state index contributed by atoms with van der Waals surface area (Å²) in [5.41, 5.74) is 1.41. The molecule has 0 aliphatic rings. The number of rotatable bonds is 3. The van der Waals surface area contributed by atoms with Crippen molar-refractivity contribution < 1.29 is 9.13 Å². The number of hydrogen-bond donors (Lipinski definition) is 0. The molecule has 5 heteroatoms. The van der Waals surface area contributed by atoms with Crippen molar-refractivity contribution in [3.63, 3.8) is 0 Å². The van der Waals surface area contributed by atoms with Gasteiger partial charge in [0, 0.05) is 11.8 Å². The van der Waals surface area contributed by atoms with Gasteiger partial charge in [0.2, 0.25) is 0 Å². The molecule has 0 unspecified atom stereocenters. The van der Waals surface area contributed by atoms with Crippen LogP contribution >= 0.6 is 11.8 Å². The van der Waals surface area contributed by atoms with Crippen molar-refractivity contribution in [3.8, 4) is 17.0 Å². The lowest BCUT2D eigenvalue weighted by Crippen LogP contribution is -1.92. The second-order valence-corrected chi connectivity index (χ2v) is 4.05. The van der Waals surface area contributed by atoms with E-state index in [-0.39, 0.29) is 5.75 Å². The molecular weight excluding hydrogens is 239 g/mol. The Morgan fingerprint density at radius 1 is 1.29 bits per heavy atom. The van der Waals surface area contributed by atoms with Gasteiger partial charge in [0.15, 0.2) is 16.7 Å². The van der Waals surface area contributed by atoms with E-state index in [1.807, 2.05) is 6.26 Å². The number of ether oxygens (including phenoxy) is 1. The van der Waals surface area contributed by atoms with E-state index in [1.165, 1.54) is 24.9 Å². The van der Waals surface area contributed by atoms with Crippen LogP contribution in [-0.4, -0.2) is 23.3 Å². The Morgan fingerprint density at radius 3 is 2.76 bits per heavy atom. The van der Waals surface area contributed by atoms with Crippen LogP contribution in [0.3, 0.4) is 0 Å². The van der Waals surface area contributed by atoms with Gasteiger partial charge in [-0.25, -0.2) is 14.4 Å². The van der Waals surface area contributed by atoms with Crippen molar-refractivity contribution in [2.24, 2.45) is 0 Å². The second kappa shape index (κ2) is 5.14. The molecule has 0 atom stereocenters. The molecule has 0 aliphatic heterocycles. The van der Waals surface area contributed by atoms with Gasteiger partial charge in [-0.3, -0.25) is 0 Å². The fraction of sp³-hybridized carbons (Fsp3) is 0.167. The molecule has 0 bridgehead atoms. The third-order valence-electron chi connectivity index (χ3n) is 2.26. The van der Waals surface area contributed by atoms with Crippen LogP contribution in [0, 0.1) is 5.82 Å². The molecule has 3 nitrogen and oxygen atoms in total. The molecule has 0 aliphatic carbocycles. The molecule has 2 aromatic rings. The highest BCUT2D eigenvalue weighted by atomic mass is 32.2. The number of nitrogens with zero attached hydrogens (tertiary/aromatic N) is 2. The van der Waals surface area contributed by atoms with Crippen LogP contribution < -0.4 is 4.74 Å². The number of halogens is 1. The van der Waals surface area contributed by atoms with Crippen LogP contribution in [0.15, 0.2) is 35.6 Å². The number of benzene rings is 1. The summed E-state index contributed by atoms with van der Waals surface area (Å²) < 4.78 is 18.4. The molecular formula is C12H11FN2OS. The highest BCUT2D eigenvalue weighted by molar-refractivity contribution is 7.98.